The summed E-state index contributed by atoms with van der Waals surface area (Å²) in [7, 11) is 0. The lowest BCUT2D eigenvalue weighted by molar-refractivity contribution is -0.142. The molecule has 2 heterocycles. The van der Waals surface area contributed by atoms with Crippen LogP contribution >= 0.6 is 11.3 Å². The zero-order valence-corrected chi connectivity index (χ0v) is 19.8. The highest BCUT2D eigenvalue weighted by Gasteiger charge is 2.36. The highest BCUT2D eigenvalue weighted by atomic mass is 32.1. The van der Waals surface area contributed by atoms with E-state index < -0.39 is 0 Å². The molecule has 6 heteroatoms. The van der Waals surface area contributed by atoms with E-state index in [4.69, 9.17) is 4.74 Å². The summed E-state index contributed by atoms with van der Waals surface area (Å²) in [6, 6.07) is 10.1. The second-order valence-electron chi connectivity index (χ2n) is 8.97. The van der Waals surface area contributed by atoms with Crippen molar-refractivity contribution in [2.45, 2.75) is 45.1 Å². The Morgan fingerprint density at radius 3 is 2.66 bits per heavy atom. The molecule has 2 amide bonds. The average molecular weight is 453 g/mol. The minimum absolute atomic E-state index is 0.0264. The number of carbonyl (C=O) groups is 2. The summed E-state index contributed by atoms with van der Waals surface area (Å²) in [6.07, 6.45) is 4.39. The van der Waals surface area contributed by atoms with E-state index in [1.54, 1.807) is 22.3 Å². The summed E-state index contributed by atoms with van der Waals surface area (Å²) < 4.78 is 6.15. The summed E-state index contributed by atoms with van der Waals surface area (Å²) in [5, 5.41) is 2.09. The highest BCUT2D eigenvalue weighted by Crippen LogP contribution is 2.35. The van der Waals surface area contributed by atoms with Gasteiger partial charge >= 0.3 is 0 Å². The monoisotopic (exact) mass is 452 g/mol. The van der Waals surface area contributed by atoms with Crippen LogP contribution in [-0.2, 0) is 16.0 Å². The molecule has 1 atom stereocenters. The van der Waals surface area contributed by atoms with Gasteiger partial charge in [0.2, 0.25) is 11.8 Å². The van der Waals surface area contributed by atoms with Crippen molar-refractivity contribution >= 4 is 23.2 Å². The summed E-state index contributed by atoms with van der Waals surface area (Å²) in [4.78, 5) is 30.8. The van der Waals surface area contributed by atoms with Crippen LogP contribution in [0.1, 0.15) is 54.7 Å². The van der Waals surface area contributed by atoms with Crippen molar-refractivity contribution in [2.24, 2.45) is 5.92 Å². The van der Waals surface area contributed by atoms with E-state index in [2.05, 4.69) is 44.0 Å². The molecule has 170 valence electrons. The van der Waals surface area contributed by atoms with Gasteiger partial charge in [-0.15, -0.1) is 17.9 Å². The highest BCUT2D eigenvalue weighted by molar-refractivity contribution is 7.10. The van der Waals surface area contributed by atoms with Crippen molar-refractivity contribution in [3.05, 3.63) is 64.4 Å². The summed E-state index contributed by atoms with van der Waals surface area (Å²) in [5.41, 5.74) is 2.44. The third kappa shape index (κ3) is 5.07. The Bertz CT molecular complexity index is 962. The van der Waals surface area contributed by atoms with E-state index in [1.807, 2.05) is 17.0 Å². The number of carbonyl (C=O) groups excluding carboxylic acids is 2. The molecule has 0 saturated heterocycles. The molecule has 1 aliphatic carbocycles. The number of nitrogens with zero attached hydrogens (tertiary/aromatic N) is 2. The fraction of sp³-hybridized carbons (Fsp3) is 0.462. The Kier molecular flexibility index (Phi) is 6.99. The smallest absolute Gasteiger partial charge is 0.242 e. The maximum Gasteiger partial charge on any atom is 0.242 e. The van der Waals surface area contributed by atoms with Crippen LogP contribution in [0.5, 0.6) is 5.75 Å². The summed E-state index contributed by atoms with van der Waals surface area (Å²) in [5.74, 6) is 1.41. The SMILES string of the molecule is C=CCN(CC(=O)N1CCc2sccc2[C@H]1COc1ccc(C(C)C)cc1)C(=O)C1CC1. The molecular formula is C26H32N2O3S. The standard InChI is InChI=1S/C26H32N2O3S/c1-4-13-27(26(30)20-5-6-20)16-25(29)28-14-11-24-22(12-15-32-24)23(28)17-31-21-9-7-19(8-10-21)18(2)3/h4,7-10,12,15,18,20,23H,1,5-6,11,13-14,16-17H2,2-3H3/t23-/m1/s1. The fourth-order valence-corrected chi connectivity index (χ4v) is 5.16. The van der Waals surface area contributed by atoms with Crippen molar-refractivity contribution in [1.82, 2.24) is 9.80 Å². The van der Waals surface area contributed by atoms with Crippen LogP contribution in [0, 0.1) is 5.92 Å². The van der Waals surface area contributed by atoms with Crippen LogP contribution in [0.2, 0.25) is 0 Å². The first-order valence-electron chi connectivity index (χ1n) is 11.5. The van der Waals surface area contributed by atoms with E-state index in [1.165, 1.54) is 10.4 Å². The molecular weight excluding hydrogens is 420 g/mol. The molecule has 1 aromatic carbocycles. The quantitative estimate of drug-likeness (QED) is 0.514. The number of ether oxygens (including phenoxy) is 1. The second kappa shape index (κ2) is 9.90. The molecule has 0 unspecified atom stereocenters. The minimum atomic E-state index is -0.149. The van der Waals surface area contributed by atoms with Gasteiger partial charge in [0.25, 0.3) is 0 Å². The summed E-state index contributed by atoms with van der Waals surface area (Å²) in [6.45, 7) is 9.65. The Balaban J connectivity index is 1.47. The van der Waals surface area contributed by atoms with E-state index in [-0.39, 0.29) is 30.3 Å². The first-order chi connectivity index (χ1) is 15.5. The van der Waals surface area contributed by atoms with Gasteiger partial charge in [0.05, 0.1) is 6.04 Å². The Morgan fingerprint density at radius 2 is 2.00 bits per heavy atom. The number of amides is 2. The molecule has 1 aliphatic heterocycles. The number of benzene rings is 1. The van der Waals surface area contributed by atoms with Crippen molar-refractivity contribution in [2.75, 3.05) is 26.2 Å². The Labute approximate surface area is 194 Å². The molecule has 2 aromatic rings. The van der Waals surface area contributed by atoms with E-state index in [9.17, 15) is 9.59 Å². The molecule has 0 radical (unpaired) electrons. The molecule has 4 rings (SSSR count). The maximum atomic E-state index is 13.3. The molecule has 5 nitrogen and oxygen atoms in total. The van der Waals surface area contributed by atoms with Crippen molar-refractivity contribution < 1.29 is 14.3 Å². The number of thiophene rings is 1. The van der Waals surface area contributed by atoms with Gasteiger partial charge in [-0.25, -0.2) is 0 Å². The third-order valence-corrected chi connectivity index (χ3v) is 7.28. The third-order valence-electron chi connectivity index (χ3n) is 6.28. The lowest BCUT2D eigenvalue weighted by atomic mass is 10.00. The van der Waals surface area contributed by atoms with Crippen LogP contribution < -0.4 is 4.74 Å². The minimum Gasteiger partial charge on any atom is -0.491 e. The number of rotatable bonds is 9. The second-order valence-corrected chi connectivity index (χ2v) is 9.97. The summed E-state index contributed by atoms with van der Waals surface area (Å²) >= 11 is 1.74. The predicted molar refractivity (Wildman–Crippen MR) is 128 cm³/mol. The first-order valence-corrected chi connectivity index (χ1v) is 12.3. The van der Waals surface area contributed by atoms with E-state index in [0.717, 1.165) is 30.6 Å². The number of hydrogen-bond donors (Lipinski definition) is 0. The molecule has 1 saturated carbocycles. The van der Waals surface area contributed by atoms with Crippen LogP contribution in [0.3, 0.4) is 0 Å². The average Bonchev–Trinajstić information content (AvgIpc) is 3.53. The van der Waals surface area contributed by atoms with E-state index >= 15 is 0 Å². The number of fused-ring (bicyclic) bond motifs is 1. The number of hydrogen-bond acceptors (Lipinski definition) is 4. The molecule has 0 bridgehead atoms. The Morgan fingerprint density at radius 1 is 1.25 bits per heavy atom. The van der Waals surface area contributed by atoms with Gasteiger partial charge in [-0.1, -0.05) is 32.1 Å². The van der Waals surface area contributed by atoms with Crippen LogP contribution in [-0.4, -0.2) is 47.9 Å². The lowest BCUT2D eigenvalue weighted by Crippen LogP contribution is -2.48. The van der Waals surface area contributed by atoms with Crippen LogP contribution in [0.4, 0.5) is 0 Å². The van der Waals surface area contributed by atoms with Crippen LogP contribution in [0.15, 0.2) is 48.4 Å². The van der Waals surface area contributed by atoms with Gasteiger partial charge in [0, 0.05) is 23.9 Å². The largest absolute Gasteiger partial charge is 0.491 e. The van der Waals surface area contributed by atoms with Crippen molar-refractivity contribution in [1.29, 1.82) is 0 Å². The van der Waals surface area contributed by atoms with Crippen molar-refractivity contribution in [3.8, 4) is 5.75 Å². The van der Waals surface area contributed by atoms with Gasteiger partial charge in [0.15, 0.2) is 0 Å². The lowest BCUT2D eigenvalue weighted by Gasteiger charge is -2.37. The van der Waals surface area contributed by atoms with Gasteiger partial charge in [-0.2, -0.15) is 0 Å². The molecule has 2 aliphatic rings. The normalized spacial score (nSPS) is 17.7. The molecule has 0 spiro atoms. The zero-order chi connectivity index (χ0) is 22.7. The van der Waals surface area contributed by atoms with Gasteiger partial charge < -0.3 is 14.5 Å². The molecule has 32 heavy (non-hydrogen) atoms. The molecule has 1 aromatic heterocycles. The van der Waals surface area contributed by atoms with Gasteiger partial charge in [-0.05, 0) is 59.9 Å². The topological polar surface area (TPSA) is 49.9 Å². The van der Waals surface area contributed by atoms with Crippen LogP contribution in [0.25, 0.3) is 0 Å². The zero-order valence-electron chi connectivity index (χ0n) is 19.0. The maximum absolute atomic E-state index is 13.3. The molecule has 0 N–H and O–H groups in total. The predicted octanol–water partition coefficient (Wildman–Crippen LogP) is 4.80. The Hall–Kier alpha value is -2.60. The van der Waals surface area contributed by atoms with Gasteiger partial charge in [0.1, 0.15) is 18.9 Å². The van der Waals surface area contributed by atoms with Crippen molar-refractivity contribution in [3.63, 3.8) is 0 Å². The molecule has 1 fully saturated rings. The fourth-order valence-electron chi connectivity index (χ4n) is 4.23. The van der Waals surface area contributed by atoms with E-state index in [0.29, 0.717) is 25.6 Å². The first kappa shape index (κ1) is 22.6. The van der Waals surface area contributed by atoms with Gasteiger partial charge in [-0.3, -0.25) is 9.59 Å².